The number of tetrazole rings is 1. The van der Waals surface area contributed by atoms with Gasteiger partial charge in [0.1, 0.15) is 5.82 Å². The van der Waals surface area contributed by atoms with E-state index in [4.69, 9.17) is 9.84 Å². The van der Waals surface area contributed by atoms with Crippen LogP contribution in [0.2, 0.25) is 0 Å². The zero-order valence-corrected chi connectivity index (χ0v) is 7.47. The number of ether oxygens (including phenoxy) is 1. The number of hydrogen-bond acceptors (Lipinski definition) is 5. The van der Waals surface area contributed by atoms with Gasteiger partial charge >= 0.3 is 0 Å². The summed E-state index contributed by atoms with van der Waals surface area (Å²) in [6, 6.07) is 0. The molecule has 6 heteroatoms. The number of rotatable bonds is 3. The third-order valence-electron chi connectivity index (χ3n) is 2.35. The smallest absolute Gasteiger partial charge is 0.148 e. The van der Waals surface area contributed by atoms with E-state index >= 15 is 0 Å². The van der Waals surface area contributed by atoms with Gasteiger partial charge in [-0.1, -0.05) is 0 Å². The quantitative estimate of drug-likeness (QED) is 0.651. The fourth-order valence-corrected chi connectivity index (χ4v) is 1.34. The minimum atomic E-state index is -0.167. The van der Waals surface area contributed by atoms with E-state index in [-0.39, 0.29) is 12.0 Å². The maximum absolute atomic E-state index is 9.16. The van der Waals surface area contributed by atoms with Crippen LogP contribution in [0.4, 0.5) is 0 Å². The van der Waals surface area contributed by atoms with E-state index in [1.54, 1.807) is 4.68 Å². The second-order valence-electron chi connectivity index (χ2n) is 3.53. The molecule has 13 heavy (non-hydrogen) atoms. The average Bonchev–Trinajstić information content (AvgIpc) is 2.44. The van der Waals surface area contributed by atoms with E-state index < -0.39 is 0 Å². The van der Waals surface area contributed by atoms with E-state index in [1.165, 1.54) is 0 Å². The van der Waals surface area contributed by atoms with Crippen molar-refractivity contribution in [3.05, 3.63) is 5.82 Å². The van der Waals surface area contributed by atoms with Crippen molar-refractivity contribution < 1.29 is 9.84 Å². The molecule has 6 nitrogen and oxygen atoms in total. The molecule has 1 aromatic heterocycles. The van der Waals surface area contributed by atoms with E-state index in [9.17, 15) is 0 Å². The Morgan fingerprint density at radius 2 is 2.38 bits per heavy atom. The lowest BCUT2D eigenvalue weighted by atomic mass is 9.87. The van der Waals surface area contributed by atoms with Crippen molar-refractivity contribution >= 4 is 0 Å². The third-order valence-corrected chi connectivity index (χ3v) is 2.35. The summed E-state index contributed by atoms with van der Waals surface area (Å²) in [5.41, 5.74) is -0.167. The lowest BCUT2D eigenvalue weighted by Gasteiger charge is -2.39. The monoisotopic (exact) mass is 184 g/mol. The lowest BCUT2D eigenvalue weighted by Crippen LogP contribution is -2.49. The first-order valence-electron chi connectivity index (χ1n) is 4.17. The van der Waals surface area contributed by atoms with Crippen LogP contribution < -0.4 is 0 Å². The molecule has 0 amide bonds. The van der Waals surface area contributed by atoms with Crippen LogP contribution in [-0.2, 0) is 11.3 Å². The van der Waals surface area contributed by atoms with Gasteiger partial charge in [-0.25, -0.2) is 4.68 Å². The fourth-order valence-electron chi connectivity index (χ4n) is 1.34. The minimum Gasteiger partial charge on any atom is -0.396 e. The van der Waals surface area contributed by atoms with Crippen molar-refractivity contribution in [3.63, 3.8) is 0 Å². The van der Waals surface area contributed by atoms with Gasteiger partial charge in [0.05, 0.1) is 31.8 Å². The maximum Gasteiger partial charge on any atom is 0.148 e. The highest BCUT2D eigenvalue weighted by atomic mass is 16.5. The Kier molecular flexibility index (Phi) is 2.01. The predicted molar refractivity (Wildman–Crippen MR) is 42.9 cm³/mol. The number of aryl methyl sites for hydroxylation is 1. The molecular weight excluding hydrogens is 172 g/mol. The van der Waals surface area contributed by atoms with E-state index in [1.807, 2.05) is 6.92 Å². The van der Waals surface area contributed by atoms with E-state index in [0.29, 0.717) is 19.8 Å². The van der Waals surface area contributed by atoms with Gasteiger partial charge in [0.2, 0.25) is 0 Å². The predicted octanol–water partition coefficient (Wildman–Crippen LogP) is -1.01. The molecule has 0 aromatic carbocycles. The van der Waals surface area contributed by atoms with Crippen LogP contribution in [0.3, 0.4) is 0 Å². The number of hydrogen-bond donors (Lipinski definition) is 1. The van der Waals surface area contributed by atoms with Crippen LogP contribution in [-0.4, -0.2) is 45.1 Å². The molecule has 2 heterocycles. The van der Waals surface area contributed by atoms with Crippen LogP contribution in [0.1, 0.15) is 5.82 Å². The molecule has 1 aliphatic heterocycles. The molecule has 1 aromatic rings. The normalized spacial score (nSPS) is 19.8. The zero-order chi connectivity index (χ0) is 9.31. The van der Waals surface area contributed by atoms with E-state index in [0.717, 1.165) is 5.82 Å². The first-order chi connectivity index (χ1) is 6.26. The summed E-state index contributed by atoms with van der Waals surface area (Å²) >= 11 is 0. The molecular formula is C7H12N4O2. The van der Waals surface area contributed by atoms with Gasteiger partial charge in [-0.3, -0.25) is 0 Å². The fraction of sp³-hybridized carbons (Fsp3) is 0.857. The Bertz CT molecular complexity index is 289. The second kappa shape index (κ2) is 3.04. The van der Waals surface area contributed by atoms with Crippen molar-refractivity contribution in [2.45, 2.75) is 13.5 Å². The van der Waals surface area contributed by atoms with Crippen LogP contribution in [0.25, 0.3) is 0 Å². The van der Waals surface area contributed by atoms with Crippen LogP contribution in [0.15, 0.2) is 0 Å². The molecule has 0 unspecified atom stereocenters. The Morgan fingerprint density at radius 3 is 2.77 bits per heavy atom. The summed E-state index contributed by atoms with van der Waals surface area (Å²) < 4.78 is 6.77. The number of nitrogens with zero attached hydrogens (tertiary/aromatic N) is 4. The summed E-state index contributed by atoms with van der Waals surface area (Å²) in [6.07, 6.45) is 0. The average molecular weight is 184 g/mol. The zero-order valence-electron chi connectivity index (χ0n) is 7.47. The Morgan fingerprint density at radius 1 is 1.62 bits per heavy atom. The highest BCUT2D eigenvalue weighted by Crippen LogP contribution is 2.28. The van der Waals surface area contributed by atoms with Gasteiger partial charge in [0, 0.05) is 0 Å². The highest BCUT2D eigenvalue weighted by Gasteiger charge is 2.39. The van der Waals surface area contributed by atoms with Crippen LogP contribution in [0, 0.1) is 12.3 Å². The van der Waals surface area contributed by atoms with Gasteiger partial charge in [-0.05, 0) is 17.4 Å². The highest BCUT2D eigenvalue weighted by molar-refractivity contribution is 4.87. The van der Waals surface area contributed by atoms with Crippen molar-refractivity contribution in [3.8, 4) is 0 Å². The molecule has 1 saturated heterocycles. The van der Waals surface area contributed by atoms with Gasteiger partial charge in [0.15, 0.2) is 0 Å². The Balaban J connectivity index is 2.08. The summed E-state index contributed by atoms with van der Waals surface area (Å²) in [7, 11) is 0. The third kappa shape index (κ3) is 1.42. The summed E-state index contributed by atoms with van der Waals surface area (Å²) in [6.45, 7) is 3.75. The van der Waals surface area contributed by atoms with E-state index in [2.05, 4.69) is 15.5 Å². The molecule has 1 N–H and O–H groups in total. The Hall–Kier alpha value is -1.01. The first kappa shape index (κ1) is 8.58. The number of aliphatic hydroxyl groups is 1. The Labute approximate surface area is 75.5 Å². The van der Waals surface area contributed by atoms with Crippen molar-refractivity contribution in [1.29, 1.82) is 0 Å². The summed E-state index contributed by atoms with van der Waals surface area (Å²) in [5, 5.41) is 20.3. The maximum atomic E-state index is 9.16. The summed E-state index contributed by atoms with van der Waals surface area (Å²) in [4.78, 5) is 0. The standard InChI is InChI=1S/C7H12N4O2/c1-6-8-9-10-11(6)2-7(3-12)4-13-5-7/h12H,2-5H2,1H3. The molecule has 1 aliphatic rings. The van der Waals surface area contributed by atoms with Crippen molar-refractivity contribution in [1.82, 2.24) is 20.2 Å². The van der Waals surface area contributed by atoms with Gasteiger partial charge in [-0.2, -0.15) is 0 Å². The van der Waals surface area contributed by atoms with Gasteiger partial charge in [-0.15, -0.1) is 5.10 Å². The minimum absolute atomic E-state index is 0.117. The van der Waals surface area contributed by atoms with Gasteiger partial charge in [0.25, 0.3) is 0 Å². The molecule has 2 rings (SSSR count). The molecule has 72 valence electrons. The molecule has 1 fully saturated rings. The SMILES string of the molecule is Cc1nnnn1CC1(CO)COC1. The molecule has 0 radical (unpaired) electrons. The molecule has 0 atom stereocenters. The molecule has 0 bridgehead atoms. The summed E-state index contributed by atoms with van der Waals surface area (Å²) in [5.74, 6) is 0.764. The number of aromatic nitrogens is 4. The lowest BCUT2D eigenvalue weighted by molar-refractivity contribution is -0.146. The van der Waals surface area contributed by atoms with Crippen LogP contribution >= 0.6 is 0 Å². The van der Waals surface area contributed by atoms with Crippen molar-refractivity contribution in [2.75, 3.05) is 19.8 Å². The van der Waals surface area contributed by atoms with Crippen LogP contribution in [0.5, 0.6) is 0 Å². The van der Waals surface area contributed by atoms with Crippen molar-refractivity contribution in [2.24, 2.45) is 5.41 Å². The largest absolute Gasteiger partial charge is 0.396 e. The molecule has 0 spiro atoms. The van der Waals surface area contributed by atoms with Gasteiger partial charge < -0.3 is 9.84 Å². The topological polar surface area (TPSA) is 73.1 Å². The second-order valence-corrected chi connectivity index (χ2v) is 3.53. The number of aliphatic hydroxyl groups excluding tert-OH is 1. The first-order valence-corrected chi connectivity index (χ1v) is 4.17. The molecule has 0 saturated carbocycles. The molecule has 0 aliphatic carbocycles.